The first-order valence-corrected chi connectivity index (χ1v) is 11.2. The Balaban J connectivity index is 1.50. The molecule has 2 heterocycles. The zero-order valence-corrected chi connectivity index (χ0v) is 19.8. The van der Waals surface area contributed by atoms with E-state index in [-0.39, 0.29) is 17.6 Å². The van der Waals surface area contributed by atoms with Crippen LogP contribution in [-0.2, 0) is 4.79 Å². The first-order chi connectivity index (χ1) is 16.1. The first-order valence-electron chi connectivity index (χ1n) is 11.2. The van der Waals surface area contributed by atoms with Crippen molar-refractivity contribution >= 4 is 34.1 Å². The van der Waals surface area contributed by atoms with Crippen LogP contribution in [0.2, 0.25) is 0 Å². The quantitative estimate of drug-likeness (QED) is 0.599. The summed E-state index contributed by atoms with van der Waals surface area (Å²) >= 11 is 0. The van der Waals surface area contributed by atoms with Gasteiger partial charge < -0.3 is 25.0 Å². The van der Waals surface area contributed by atoms with E-state index in [1.165, 1.54) is 24.3 Å². The number of piperazine rings is 1. The van der Waals surface area contributed by atoms with Gasteiger partial charge in [0.25, 0.3) is 5.91 Å². The number of hydrogen-bond acceptors (Lipinski definition) is 4. The number of amides is 2. The summed E-state index contributed by atoms with van der Waals surface area (Å²) in [6, 6.07) is 8.80. The summed E-state index contributed by atoms with van der Waals surface area (Å²) in [5.74, 6) is -1.32. The zero-order valence-electron chi connectivity index (χ0n) is 19.8. The predicted octanol–water partition coefficient (Wildman–Crippen LogP) is 3.61. The van der Waals surface area contributed by atoms with Crippen molar-refractivity contribution in [3.63, 3.8) is 0 Å². The van der Waals surface area contributed by atoms with Gasteiger partial charge in [0, 0.05) is 42.4 Å². The number of halogens is 2. The molecule has 0 spiro atoms. The molecule has 2 amide bonds. The molecule has 2 N–H and O–H groups in total. The summed E-state index contributed by atoms with van der Waals surface area (Å²) in [6.07, 6.45) is 0. The highest BCUT2D eigenvalue weighted by atomic mass is 19.1. The third kappa shape index (κ3) is 4.89. The normalized spacial score (nSPS) is 16.4. The molecular formula is C25H29F2N5O2. The molecule has 7 nitrogen and oxygen atoms in total. The molecule has 0 radical (unpaired) electrons. The standard InChI is InChI=1S/C25H29F2N5O2/c1-15-5-6-21(27)20-12-22(29-24(15)20)25(34)28-18-9-17(26)10-19(11-18)31-7-8-32(16(2)13-31)23(33)14-30(3)4/h5-6,9-12,16,29H,7-8,13-14H2,1-4H3,(H,28,34). The summed E-state index contributed by atoms with van der Waals surface area (Å²) in [4.78, 5) is 33.9. The van der Waals surface area contributed by atoms with Crippen LogP contribution in [0.25, 0.3) is 10.9 Å². The molecule has 1 aliphatic rings. The number of nitrogens with zero attached hydrogens (tertiary/aromatic N) is 3. The number of fused-ring (bicyclic) bond motifs is 1. The molecule has 9 heteroatoms. The molecule has 180 valence electrons. The number of carbonyl (C=O) groups is 2. The van der Waals surface area contributed by atoms with Gasteiger partial charge >= 0.3 is 0 Å². The van der Waals surface area contributed by atoms with Gasteiger partial charge in [0.15, 0.2) is 0 Å². The lowest BCUT2D eigenvalue weighted by Crippen LogP contribution is -2.55. The molecule has 0 bridgehead atoms. The molecule has 0 saturated carbocycles. The Labute approximate surface area is 197 Å². The van der Waals surface area contributed by atoms with Crippen LogP contribution in [0.1, 0.15) is 23.0 Å². The van der Waals surface area contributed by atoms with Crippen molar-refractivity contribution in [2.24, 2.45) is 0 Å². The highest BCUT2D eigenvalue weighted by Crippen LogP contribution is 2.26. The Bertz CT molecular complexity index is 1200. The lowest BCUT2D eigenvalue weighted by atomic mass is 10.1. The van der Waals surface area contributed by atoms with E-state index in [4.69, 9.17) is 0 Å². The molecule has 2 aromatic carbocycles. The smallest absolute Gasteiger partial charge is 0.272 e. The van der Waals surface area contributed by atoms with Crippen molar-refractivity contribution in [2.75, 3.05) is 50.5 Å². The minimum absolute atomic E-state index is 0.0352. The van der Waals surface area contributed by atoms with E-state index in [2.05, 4.69) is 10.3 Å². The highest BCUT2D eigenvalue weighted by Gasteiger charge is 2.28. The fourth-order valence-corrected chi connectivity index (χ4v) is 4.40. The molecule has 1 saturated heterocycles. The number of likely N-dealkylation sites (N-methyl/N-ethyl adjacent to an activating group) is 1. The monoisotopic (exact) mass is 469 g/mol. The molecule has 4 rings (SSSR count). The van der Waals surface area contributed by atoms with Gasteiger partial charge in [0.05, 0.1) is 12.1 Å². The molecule has 1 atom stereocenters. The number of H-pyrrole nitrogens is 1. The number of rotatable bonds is 5. The third-order valence-electron chi connectivity index (χ3n) is 6.10. The minimum Gasteiger partial charge on any atom is -0.368 e. The topological polar surface area (TPSA) is 71.7 Å². The van der Waals surface area contributed by atoms with E-state index in [1.54, 1.807) is 12.1 Å². The minimum atomic E-state index is -0.487. The Hall–Kier alpha value is -3.46. The van der Waals surface area contributed by atoms with E-state index in [0.29, 0.717) is 48.5 Å². The number of aromatic amines is 1. The van der Waals surface area contributed by atoms with Gasteiger partial charge in [-0.15, -0.1) is 0 Å². The van der Waals surface area contributed by atoms with Gasteiger partial charge in [0.2, 0.25) is 5.91 Å². The Morgan fingerprint density at radius 1 is 1.15 bits per heavy atom. The highest BCUT2D eigenvalue weighted by molar-refractivity contribution is 6.06. The van der Waals surface area contributed by atoms with Gasteiger partial charge in [-0.2, -0.15) is 0 Å². The molecule has 1 aliphatic heterocycles. The average Bonchev–Trinajstić information content (AvgIpc) is 3.22. The van der Waals surface area contributed by atoms with Crippen molar-refractivity contribution in [3.05, 3.63) is 59.3 Å². The second-order valence-corrected chi connectivity index (χ2v) is 9.11. The number of nitrogens with one attached hydrogen (secondary N) is 2. The van der Waals surface area contributed by atoms with Crippen LogP contribution >= 0.6 is 0 Å². The fraction of sp³-hybridized carbons (Fsp3) is 0.360. The summed E-state index contributed by atoms with van der Waals surface area (Å²) < 4.78 is 28.6. The van der Waals surface area contributed by atoms with Gasteiger partial charge in [-0.3, -0.25) is 9.59 Å². The maximum Gasteiger partial charge on any atom is 0.272 e. The predicted molar refractivity (Wildman–Crippen MR) is 129 cm³/mol. The van der Waals surface area contributed by atoms with E-state index < -0.39 is 17.5 Å². The van der Waals surface area contributed by atoms with Gasteiger partial charge in [-0.25, -0.2) is 8.78 Å². The molecule has 34 heavy (non-hydrogen) atoms. The molecule has 0 aliphatic carbocycles. The zero-order chi connectivity index (χ0) is 24.6. The number of carbonyl (C=O) groups excluding carboxylic acids is 2. The third-order valence-corrected chi connectivity index (χ3v) is 6.10. The van der Waals surface area contributed by atoms with E-state index in [1.807, 2.05) is 42.6 Å². The van der Waals surface area contributed by atoms with Crippen molar-refractivity contribution < 1.29 is 18.4 Å². The van der Waals surface area contributed by atoms with E-state index in [0.717, 1.165) is 5.56 Å². The number of anilines is 2. The van der Waals surface area contributed by atoms with Crippen LogP contribution in [0.4, 0.5) is 20.2 Å². The molecule has 1 unspecified atom stereocenters. The molecular weight excluding hydrogens is 440 g/mol. The number of benzene rings is 2. The largest absolute Gasteiger partial charge is 0.368 e. The average molecular weight is 470 g/mol. The van der Waals surface area contributed by atoms with Crippen LogP contribution in [0.5, 0.6) is 0 Å². The van der Waals surface area contributed by atoms with Crippen LogP contribution in [-0.4, -0.2) is 72.9 Å². The van der Waals surface area contributed by atoms with Gasteiger partial charge in [-0.1, -0.05) is 6.07 Å². The second kappa shape index (κ2) is 9.42. The van der Waals surface area contributed by atoms with Crippen LogP contribution in [0.3, 0.4) is 0 Å². The van der Waals surface area contributed by atoms with Crippen molar-refractivity contribution in [1.29, 1.82) is 0 Å². The van der Waals surface area contributed by atoms with E-state index >= 15 is 0 Å². The number of hydrogen-bond donors (Lipinski definition) is 2. The molecule has 1 fully saturated rings. The Morgan fingerprint density at radius 2 is 1.91 bits per heavy atom. The van der Waals surface area contributed by atoms with Crippen molar-refractivity contribution in [2.45, 2.75) is 19.9 Å². The second-order valence-electron chi connectivity index (χ2n) is 9.11. The van der Waals surface area contributed by atoms with Crippen LogP contribution < -0.4 is 10.2 Å². The molecule has 1 aromatic heterocycles. The molecule has 3 aromatic rings. The van der Waals surface area contributed by atoms with Crippen LogP contribution in [0, 0.1) is 18.6 Å². The summed E-state index contributed by atoms with van der Waals surface area (Å²) in [6.45, 7) is 5.79. The lowest BCUT2D eigenvalue weighted by Gasteiger charge is -2.41. The summed E-state index contributed by atoms with van der Waals surface area (Å²) in [5.41, 5.74) is 2.49. The maximum absolute atomic E-state index is 14.4. The first kappa shape index (κ1) is 23.7. The number of aromatic nitrogens is 1. The van der Waals surface area contributed by atoms with Crippen LogP contribution in [0.15, 0.2) is 36.4 Å². The van der Waals surface area contributed by atoms with Gasteiger partial charge in [-0.05, 0) is 63.8 Å². The SMILES string of the molecule is Cc1ccc(F)c2cc(C(=O)Nc3cc(F)cc(N4CCN(C(=O)CN(C)C)C(C)C4)c3)[nH]c12. The lowest BCUT2D eigenvalue weighted by molar-refractivity contribution is -0.134. The fourth-order valence-electron chi connectivity index (χ4n) is 4.40. The van der Waals surface area contributed by atoms with E-state index in [9.17, 15) is 18.4 Å². The Morgan fingerprint density at radius 3 is 2.59 bits per heavy atom. The van der Waals surface area contributed by atoms with Crippen molar-refractivity contribution in [3.8, 4) is 0 Å². The Kier molecular flexibility index (Phi) is 6.56. The summed E-state index contributed by atoms with van der Waals surface area (Å²) in [5, 5.41) is 3.04. The van der Waals surface area contributed by atoms with Crippen molar-refractivity contribution in [1.82, 2.24) is 14.8 Å². The maximum atomic E-state index is 14.4. The number of aryl methyl sites for hydroxylation is 1. The summed E-state index contributed by atoms with van der Waals surface area (Å²) in [7, 11) is 3.71. The van der Waals surface area contributed by atoms with Gasteiger partial charge in [0.1, 0.15) is 17.3 Å².